The van der Waals surface area contributed by atoms with Gasteiger partial charge >= 0.3 is 5.97 Å². The van der Waals surface area contributed by atoms with Gasteiger partial charge in [-0.25, -0.2) is 4.79 Å². The fraction of sp³-hybridized carbons (Fsp3) is 0.533. The summed E-state index contributed by atoms with van der Waals surface area (Å²) >= 11 is 0. The van der Waals surface area contributed by atoms with Crippen molar-refractivity contribution in [2.75, 3.05) is 19.8 Å². The maximum atomic E-state index is 11.9. The Bertz CT molecular complexity index is 361. The maximum Gasteiger partial charge on any atom is 0.338 e. The van der Waals surface area contributed by atoms with Crippen molar-refractivity contribution >= 4 is 5.97 Å². The van der Waals surface area contributed by atoms with Crippen molar-refractivity contribution in [3.63, 3.8) is 0 Å². The molecule has 0 aliphatic carbocycles. The Hall–Kier alpha value is -1.35. The number of carbonyl (C=O) groups is 1. The summed E-state index contributed by atoms with van der Waals surface area (Å²) in [5.74, 6) is -0.251. The summed E-state index contributed by atoms with van der Waals surface area (Å²) in [6.07, 6.45) is 2.90. The van der Waals surface area contributed by atoms with E-state index in [9.17, 15) is 4.79 Å². The van der Waals surface area contributed by atoms with Gasteiger partial charge < -0.3 is 9.47 Å². The molecular formula is C15H22O3. The normalized spacial score (nSPS) is 10.3. The Morgan fingerprint density at radius 3 is 2.56 bits per heavy atom. The molecule has 100 valence electrons. The van der Waals surface area contributed by atoms with Gasteiger partial charge in [0.2, 0.25) is 0 Å². The van der Waals surface area contributed by atoms with Gasteiger partial charge in [-0.05, 0) is 24.5 Å². The van der Waals surface area contributed by atoms with Crippen LogP contribution in [-0.4, -0.2) is 25.8 Å². The molecule has 0 radical (unpaired) electrons. The molecule has 0 heterocycles. The molecule has 3 nitrogen and oxygen atoms in total. The van der Waals surface area contributed by atoms with Crippen LogP contribution in [0.15, 0.2) is 24.3 Å². The van der Waals surface area contributed by atoms with E-state index in [4.69, 9.17) is 9.47 Å². The van der Waals surface area contributed by atoms with Gasteiger partial charge in [0.05, 0.1) is 12.2 Å². The topological polar surface area (TPSA) is 35.5 Å². The van der Waals surface area contributed by atoms with E-state index >= 15 is 0 Å². The zero-order chi connectivity index (χ0) is 13.2. The summed E-state index contributed by atoms with van der Waals surface area (Å²) in [6.45, 7) is 5.65. The summed E-state index contributed by atoms with van der Waals surface area (Å²) in [7, 11) is 0. The van der Waals surface area contributed by atoms with Gasteiger partial charge in [0.15, 0.2) is 0 Å². The molecule has 0 saturated heterocycles. The minimum Gasteiger partial charge on any atom is -0.460 e. The largest absolute Gasteiger partial charge is 0.460 e. The zero-order valence-corrected chi connectivity index (χ0v) is 11.3. The van der Waals surface area contributed by atoms with Crippen molar-refractivity contribution in [2.45, 2.75) is 33.1 Å². The Labute approximate surface area is 109 Å². The third-order valence-electron chi connectivity index (χ3n) is 2.57. The van der Waals surface area contributed by atoms with Crippen molar-refractivity contribution in [3.8, 4) is 0 Å². The lowest BCUT2D eigenvalue weighted by Crippen LogP contribution is -2.12. The quantitative estimate of drug-likeness (QED) is 0.525. The first-order chi connectivity index (χ1) is 8.79. The molecule has 0 unspecified atom stereocenters. The van der Waals surface area contributed by atoms with Crippen LogP contribution in [0.4, 0.5) is 0 Å². The fourth-order valence-corrected chi connectivity index (χ4v) is 1.72. The van der Waals surface area contributed by atoms with Crippen molar-refractivity contribution in [3.05, 3.63) is 35.4 Å². The fourth-order valence-electron chi connectivity index (χ4n) is 1.72. The van der Waals surface area contributed by atoms with E-state index in [1.165, 1.54) is 0 Å². The highest BCUT2D eigenvalue weighted by Crippen LogP contribution is 2.12. The molecular weight excluding hydrogens is 228 g/mol. The molecule has 0 spiro atoms. The summed E-state index contributed by atoms with van der Waals surface area (Å²) < 4.78 is 10.5. The number of hydrogen-bond donors (Lipinski definition) is 0. The third kappa shape index (κ3) is 4.88. The average molecular weight is 250 g/mol. The lowest BCUT2D eigenvalue weighted by molar-refractivity contribution is 0.0317. The van der Waals surface area contributed by atoms with Gasteiger partial charge in [-0.1, -0.05) is 38.5 Å². The second-order valence-corrected chi connectivity index (χ2v) is 4.16. The minimum atomic E-state index is -0.251. The van der Waals surface area contributed by atoms with Gasteiger partial charge in [0.1, 0.15) is 6.61 Å². The molecule has 0 bridgehead atoms. The number of esters is 1. The number of hydrogen-bond acceptors (Lipinski definition) is 3. The van der Waals surface area contributed by atoms with Crippen molar-refractivity contribution in [1.29, 1.82) is 0 Å². The molecule has 0 amide bonds. The first-order valence-electron chi connectivity index (χ1n) is 6.62. The number of ether oxygens (including phenoxy) is 2. The van der Waals surface area contributed by atoms with E-state index < -0.39 is 0 Å². The highest BCUT2D eigenvalue weighted by Gasteiger charge is 2.11. The molecule has 0 aromatic heterocycles. The maximum absolute atomic E-state index is 11.9. The lowest BCUT2D eigenvalue weighted by atomic mass is 10.0. The lowest BCUT2D eigenvalue weighted by Gasteiger charge is -2.09. The highest BCUT2D eigenvalue weighted by molar-refractivity contribution is 5.91. The summed E-state index contributed by atoms with van der Waals surface area (Å²) in [5, 5.41) is 0. The van der Waals surface area contributed by atoms with Crippen LogP contribution < -0.4 is 0 Å². The van der Waals surface area contributed by atoms with Crippen LogP contribution in [0.1, 0.15) is 42.6 Å². The highest BCUT2D eigenvalue weighted by atomic mass is 16.6. The first-order valence-corrected chi connectivity index (χ1v) is 6.62. The summed E-state index contributed by atoms with van der Waals surface area (Å²) in [6, 6.07) is 7.61. The zero-order valence-electron chi connectivity index (χ0n) is 11.3. The van der Waals surface area contributed by atoms with E-state index in [-0.39, 0.29) is 5.97 Å². The second kappa shape index (κ2) is 8.70. The van der Waals surface area contributed by atoms with Gasteiger partial charge in [-0.15, -0.1) is 0 Å². The van der Waals surface area contributed by atoms with Crippen LogP contribution >= 0.6 is 0 Å². The first kappa shape index (κ1) is 14.7. The van der Waals surface area contributed by atoms with Crippen LogP contribution in [0.5, 0.6) is 0 Å². The summed E-state index contributed by atoms with van der Waals surface area (Å²) in [5.41, 5.74) is 1.73. The van der Waals surface area contributed by atoms with Crippen LogP contribution in [0, 0.1) is 0 Å². The van der Waals surface area contributed by atoms with E-state index in [1.807, 2.05) is 31.2 Å². The van der Waals surface area contributed by atoms with Crippen LogP contribution in [-0.2, 0) is 15.9 Å². The van der Waals surface area contributed by atoms with Gasteiger partial charge in [0.25, 0.3) is 0 Å². The number of benzene rings is 1. The molecule has 1 aromatic carbocycles. The van der Waals surface area contributed by atoms with E-state index in [0.29, 0.717) is 25.4 Å². The standard InChI is InChI=1S/C15H22O3/c1-3-7-13-8-5-6-9-14(13)15(16)18-12-11-17-10-4-2/h5-6,8-9H,3-4,7,10-12H2,1-2H3. The molecule has 0 aliphatic rings. The molecule has 0 N–H and O–H groups in total. The molecule has 0 saturated carbocycles. The second-order valence-electron chi connectivity index (χ2n) is 4.16. The van der Waals surface area contributed by atoms with Gasteiger partial charge in [-0.2, -0.15) is 0 Å². The molecule has 1 rings (SSSR count). The number of aryl methyl sites for hydroxylation is 1. The van der Waals surface area contributed by atoms with Crippen molar-refractivity contribution in [2.24, 2.45) is 0 Å². The van der Waals surface area contributed by atoms with E-state index in [2.05, 4.69) is 6.92 Å². The molecule has 0 aliphatic heterocycles. The predicted octanol–water partition coefficient (Wildman–Crippen LogP) is 3.22. The Balaban J connectivity index is 2.45. The van der Waals surface area contributed by atoms with E-state index in [1.54, 1.807) is 0 Å². The smallest absolute Gasteiger partial charge is 0.338 e. The Morgan fingerprint density at radius 2 is 1.83 bits per heavy atom. The molecule has 0 atom stereocenters. The SMILES string of the molecule is CCCOCCOC(=O)c1ccccc1CCC. The average Bonchev–Trinajstić information content (AvgIpc) is 2.39. The molecule has 1 aromatic rings. The van der Waals surface area contributed by atoms with Crippen LogP contribution in [0.2, 0.25) is 0 Å². The third-order valence-corrected chi connectivity index (χ3v) is 2.57. The Morgan fingerprint density at radius 1 is 1.06 bits per heavy atom. The van der Waals surface area contributed by atoms with Gasteiger partial charge in [0, 0.05) is 6.61 Å². The van der Waals surface area contributed by atoms with Gasteiger partial charge in [-0.3, -0.25) is 0 Å². The van der Waals surface area contributed by atoms with E-state index in [0.717, 1.165) is 24.8 Å². The summed E-state index contributed by atoms with van der Waals surface area (Å²) in [4.78, 5) is 11.9. The van der Waals surface area contributed by atoms with Crippen molar-refractivity contribution < 1.29 is 14.3 Å². The Kier molecular flexibility index (Phi) is 7.11. The number of rotatable bonds is 8. The molecule has 3 heteroatoms. The predicted molar refractivity (Wildman–Crippen MR) is 71.8 cm³/mol. The molecule has 0 fully saturated rings. The number of carbonyl (C=O) groups excluding carboxylic acids is 1. The van der Waals surface area contributed by atoms with Crippen LogP contribution in [0.25, 0.3) is 0 Å². The van der Waals surface area contributed by atoms with Crippen molar-refractivity contribution in [1.82, 2.24) is 0 Å². The monoisotopic (exact) mass is 250 g/mol. The van der Waals surface area contributed by atoms with Crippen LogP contribution in [0.3, 0.4) is 0 Å². The molecule has 18 heavy (non-hydrogen) atoms. The minimum absolute atomic E-state index is 0.251.